The Labute approximate surface area is 99.1 Å². The van der Waals surface area contributed by atoms with Gasteiger partial charge in [-0.2, -0.15) is 0 Å². The van der Waals surface area contributed by atoms with Crippen molar-refractivity contribution in [1.29, 1.82) is 0 Å². The number of nitrogens with one attached hydrogen (secondary N) is 1. The van der Waals surface area contributed by atoms with Crippen molar-refractivity contribution < 1.29 is 4.74 Å². The van der Waals surface area contributed by atoms with E-state index < -0.39 is 0 Å². The van der Waals surface area contributed by atoms with Crippen LogP contribution in [0.2, 0.25) is 0 Å². The van der Waals surface area contributed by atoms with E-state index in [0.29, 0.717) is 17.6 Å². The molecule has 0 bridgehead atoms. The second-order valence-electron chi connectivity index (χ2n) is 5.79. The monoisotopic (exact) mass is 226 g/mol. The fraction of sp³-hybridized carbons (Fsp3) is 1.00. The zero-order chi connectivity index (χ0) is 11.4. The summed E-state index contributed by atoms with van der Waals surface area (Å²) in [6.07, 6.45) is 10.7. The van der Waals surface area contributed by atoms with Crippen molar-refractivity contribution in [3.8, 4) is 0 Å². The lowest BCUT2D eigenvalue weighted by Crippen LogP contribution is -2.46. The van der Waals surface area contributed by atoms with Crippen LogP contribution in [0.25, 0.3) is 0 Å². The molecule has 0 aromatic heterocycles. The molecular formula is C13H26N2O. The molecule has 3 N–H and O–H groups in total. The predicted molar refractivity (Wildman–Crippen MR) is 65.9 cm³/mol. The van der Waals surface area contributed by atoms with E-state index in [0.717, 1.165) is 13.0 Å². The third-order valence-electron chi connectivity index (χ3n) is 4.59. The Balaban J connectivity index is 1.80. The van der Waals surface area contributed by atoms with Gasteiger partial charge < -0.3 is 4.74 Å². The van der Waals surface area contributed by atoms with E-state index in [9.17, 15) is 0 Å². The van der Waals surface area contributed by atoms with Crippen molar-refractivity contribution >= 4 is 0 Å². The highest BCUT2D eigenvalue weighted by atomic mass is 16.5. The van der Waals surface area contributed by atoms with Gasteiger partial charge in [0.05, 0.1) is 6.10 Å². The Morgan fingerprint density at radius 3 is 2.69 bits per heavy atom. The van der Waals surface area contributed by atoms with Crippen LogP contribution in [0.3, 0.4) is 0 Å². The van der Waals surface area contributed by atoms with Crippen molar-refractivity contribution in [2.24, 2.45) is 11.3 Å². The van der Waals surface area contributed by atoms with Gasteiger partial charge in [-0.05, 0) is 43.9 Å². The van der Waals surface area contributed by atoms with E-state index in [1.807, 2.05) is 0 Å². The summed E-state index contributed by atoms with van der Waals surface area (Å²) < 4.78 is 5.67. The standard InChI is InChI=1S/C13H26N2O/c1-13(8-2-3-9-13)12(15-14)7-6-11-5-4-10-16-11/h11-12,15H,2-10,14H2,1H3. The number of rotatable bonds is 5. The summed E-state index contributed by atoms with van der Waals surface area (Å²) >= 11 is 0. The van der Waals surface area contributed by atoms with Gasteiger partial charge in [0.2, 0.25) is 0 Å². The van der Waals surface area contributed by atoms with Crippen LogP contribution >= 0.6 is 0 Å². The molecule has 3 nitrogen and oxygen atoms in total. The van der Waals surface area contributed by atoms with Crippen LogP contribution in [-0.2, 0) is 4.74 Å². The quantitative estimate of drug-likeness (QED) is 0.559. The molecule has 1 heterocycles. The summed E-state index contributed by atoms with van der Waals surface area (Å²) in [6, 6.07) is 0.471. The molecular weight excluding hydrogens is 200 g/mol. The second kappa shape index (κ2) is 5.48. The van der Waals surface area contributed by atoms with E-state index in [4.69, 9.17) is 10.6 Å². The summed E-state index contributed by atoms with van der Waals surface area (Å²) in [5, 5.41) is 0. The highest BCUT2D eigenvalue weighted by molar-refractivity contribution is 4.90. The average molecular weight is 226 g/mol. The van der Waals surface area contributed by atoms with Gasteiger partial charge in [-0.15, -0.1) is 0 Å². The van der Waals surface area contributed by atoms with Gasteiger partial charge in [0, 0.05) is 12.6 Å². The highest BCUT2D eigenvalue weighted by Crippen LogP contribution is 2.42. The third kappa shape index (κ3) is 2.76. The minimum atomic E-state index is 0.424. The van der Waals surface area contributed by atoms with Crippen molar-refractivity contribution in [1.82, 2.24) is 5.43 Å². The number of ether oxygens (including phenoxy) is 1. The van der Waals surface area contributed by atoms with Crippen molar-refractivity contribution in [3.05, 3.63) is 0 Å². The number of hydrogen-bond donors (Lipinski definition) is 2. The first-order valence-corrected chi connectivity index (χ1v) is 6.82. The van der Waals surface area contributed by atoms with Crippen molar-refractivity contribution in [2.45, 2.75) is 70.4 Å². The molecule has 94 valence electrons. The van der Waals surface area contributed by atoms with Crippen LogP contribution < -0.4 is 11.3 Å². The summed E-state index contributed by atoms with van der Waals surface area (Å²) in [6.45, 7) is 3.35. The van der Waals surface area contributed by atoms with Crippen LogP contribution in [0.15, 0.2) is 0 Å². The van der Waals surface area contributed by atoms with E-state index in [2.05, 4.69) is 12.3 Å². The smallest absolute Gasteiger partial charge is 0.0576 e. The lowest BCUT2D eigenvalue weighted by molar-refractivity contribution is 0.0911. The molecule has 1 saturated carbocycles. The number of nitrogens with two attached hydrogens (primary N) is 1. The minimum absolute atomic E-state index is 0.424. The summed E-state index contributed by atoms with van der Waals surface area (Å²) in [5.74, 6) is 5.73. The van der Waals surface area contributed by atoms with Crippen LogP contribution in [0.5, 0.6) is 0 Å². The summed E-state index contributed by atoms with van der Waals surface area (Å²) in [4.78, 5) is 0. The Hall–Kier alpha value is -0.120. The molecule has 0 amide bonds. The molecule has 0 aromatic rings. The summed E-state index contributed by atoms with van der Waals surface area (Å²) in [5.41, 5.74) is 3.48. The molecule has 2 unspecified atom stereocenters. The average Bonchev–Trinajstić information content (AvgIpc) is 2.91. The Kier molecular flexibility index (Phi) is 4.22. The van der Waals surface area contributed by atoms with Gasteiger partial charge in [0.25, 0.3) is 0 Å². The number of hydrazine groups is 1. The van der Waals surface area contributed by atoms with Crippen molar-refractivity contribution in [2.75, 3.05) is 6.61 Å². The van der Waals surface area contributed by atoms with Crippen molar-refractivity contribution in [3.63, 3.8) is 0 Å². The lowest BCUT2D eigenvalue weighted by atomic mass is 9.78. The molecule has 1 aliphatic carbocycles. The fourth-order valence-electron chi connectivity index (χ4n) is 3.39. The maximum absolute atomic E-state index is 5.73. The van der Waals surface area contributed by atoms with Gasteiger partial charge in [0.15, 0.2) is 0 Å². The Bertz CT molecular complexity index is 208. The first-order chi connectivity index (χ1) is 7.74. The Morgan fingerprint density at radius 2 is 2.12 bits per heavy atom. The normalized spacial score (nSPS) is 30.8. The van der Waals surface area contributed by atoms with Crippen LogP contribution in [0, 0.1) is 5.41 Å². The zero-order valence-corrected chi connectivity index (χ0v) is 10.5. The van der Waals surface area contributed by atoms with Gasteiger partial charge in [0.1, 0.15) is 0 Å². The Morgan fingerprint density at radius 1 is 1.38 bits per heavy atom. The highest BCUT2D eigenvalue weighted by Gasteiger charge is 2.36. The topological polar surface area (TPSA) is 47.3 Å². The maximum atomic E-state index is 5.73. The molecule has 2 fully saturated rings. The molecule has 1 saturated heterocycles. The zero-order valence-electron chi connectivity index (χ0n) is 10.5. The first-order valence-electron chi connectivity index (χ1n) is 6.82. The second-order valence-corrected chi connectivity index (χ2v) is 5.79. The van der Waals surface area contributed by atoms with Crippen LogP contribution in [0.4, 0.5) is 0 Å². The van der Waals surface area contributed by atoms with Crippen LogP contribution in [0.1, 0.15) is 58.3 Å². The molecule has 1 aliphatic heterocycles. The maximum Gasteiger partial charge on any atom is 0.0576 e. The third-order valence-corrected chi connectivity index (χ3v) is 4.59. The lowest BCUT2D eigenvalue weighted by Gasteiger charge is -2.34. The minimum Gasteiger partial charge on any atom is -0.378 e. The molecule has 0 radical (unpaired) electrons. The van der Waals surface area contributed by atoms with Gasteiger partial charge in [-0.3, -0.25) is 11.3 Å². The largest absolute Gasteiger partial charge is 0.378 e. The molecule has 0 aromatic carbocycles. The fourth-order valence-corrected chi connectivity index (χ4v) is 3.39. The van der Waals surface area contributed by atoms with E-state index in [1.54, 1.807) is 0 Å². The molecule has 16 heavy (non-hydrogen) atoms. The SMILES string of the molecule is CC1(C(CCC2CCCO2)NN)CCCC1. The molecule has 3 heteroatoms. The van der Waals surface area contributed by atoms with E-state index in [1.165, 1.54) is 44.9 Å². The number of hydrogen-bond acceptors (Lipinski definition) is 3. The molecule has 2 atom stereocenters. The predicted octanol–water partition coefficient (Wildman–Crippen LogP) is 2.36. The molecule has 2 rings (SSSR count). The van der Waals surface area contributed by atoms with Gasteiger partial charge in [-0.1, -0.05) is 19.8 Å². The molecule has 2 aliphatic rings. The van der Waals surface area contributed by atoms with E-state index in [-0.39, 0.29) is 0 Å². The van der Waals surface area contributed by atoms with Crippen LogP contribution in [-0.4, -0.2) is 18.8 Å². The van der Waals surface area contributed by atoms with Gasteiger partial charge >= 0.3 is 0 Å². The summed E-state index contributed by atoms with van der Waals surface area (Å²) in [7, 11) is 0. The van der Waals surface area contributed by atoms with Gasteiger partial charge in [-0.25, -0.2) is 0 Å². The molecule has 0 spiro atoms. The van der Waals surface area contributed by atoms with E-state index >= 15 is 0 Å². The first kappa shape index (κ1) is 12.3.